The molecule has 1 atom stereocenters. The fourth-order valence-corrected chi connectivity index (χ4v) is 3.81. The minimum Gasteiger partial charge on any atom is -0.309 e. The number of nitrogens with one attached hydrogen (secondary N) is 1. The van der Waals surface area contributed by atoms with Crippen LogP contribution in [0, 0.1) is 0 Å². The van der Waals surface area contributed by atoms with Crippen molar-refractivity contribution >= 4 is 21.4 Å². The minimum atomic E-state index is 0.277. The smallest absolute Gasteiger partial charge is 0.0669 e. The number of aryl methyl sites for hydroxylation is 1. The molecule has 0 aliphatic carbocycles. The van der Waals surface area contributed by atoms with Crippen molar-refractivity contribution < 1.29 is 0 Å². The van der Waals surface area contributed by atoms with Gasteiger partial charge in [0.15, 0.2) is 0 Å². The Balaban J connectivity index is 2.03. The zero-order valence-electron chi connectivity index (χ0n) is 11.9. The standard InChI is InChI=1S/C18H19NS/c1-3-13-7-6-9-15(11-13)18(19-2)17-12-14-8-4-5-10-16(14)20-17/h4-12,18-19H,3H2,1-2H3. The lowest BCUT2D eigenvalue weighted by Crippen LogP contribution is -2.16. The molecule has 0 fully saturated rings. The summed E-state index contributed by atoms with van der Waals surface area (Å²) in [6.07, 6.45) is 1.08. The van der Waals surface area contributed by atoms with Crippen molar-refractivity contribution in [2.24, 2.45) is 0 Å². The van der Waals surface area contributed by atoms with Crippen LogP contribution in [0.4, 0.5) is 0 Å². The Labute approximate surface area is 124 Å². The highest BCUT2D eigenvalue weighted by molar-refractivity contribution is 7.19. The lowest BCUT2D eigenvalue weighted by Gasteiger charge is -2.15. The van der Waals surface area contributed by atoms with E-state index in [1.54, 1.807) is 0 Å². The monoisotopic (exact) mass is 281 g/mol. The number of benzene rings is 2. The molecule has 0 aliphatic rings. The molecule has 0 bridgehead atoms. The Hall–Kier alpha value is -1.64. The van der Waals surface area contributed by atoms with Crippen LogP contribution >= 0.6 is 11.3 Å². The second-order valence-corrected chi connectivity index (χ2v) is 6.12. The second kappa shape index (κ2) is 5.78. The molecule has 1 aromatic heterocycles. The van der Waals surface area contributed by atoms with Gasteiger partial charge in [-0.2, -0.15) is 0 Å². The Morgan fingerprint density at radius 2 is 1.90 bits per heavy atom. The first-order chi connectivity index (χ1) is 9.81. The summed E-state index contributed by atoms with van der Waals surface area (Å²) >= 11 is 1.88. The summed E-state index contributed by atoms with van der Waals surface area (Å²) in [5.74, 6) is 0. The van der Waals surface area contributed by atoms with E-state index in [1.807, 2.05) is 18.4 Å². The maximum atomic E-state index is 3.46. The van der Waals surface area contributed by atoms with Crippen molar-refractivity contribution in [2.75, 3.05) is 7.05 Å². The molecule has 102 valence electrons. The van der Waals surface area contributed by atoms with Crippen LogP contribution in [-0.2, 0) is 6.42 Å². The van der Waals surface area contributed by atoms with E-state index in [2.05, 4.69) is 66.8 Å². The van der Waals surface area contributed by atoms with Crippen LogP contribution in [0.1, 0.15) is 29.0 Å². The van der Waals surface area contributed by atoms with E-state index in [1.165, 1.54) is 26.1 Å². The highest BCUT2D eigenvalue weighted by Crippen LogP contribution is 2.33. The molecular weight excluding hydrogens is 262 g/mol. The molecule has 20 heavy (non-hydrogen) atoms. The summed E-state index contributed by atoms with van der Waals surface area (Å²) < 4.78 is 1.36. The highest BCUT2D eigenvalue weighted by Gasteiger charge is 2.15. The van der Waals surface area contributed by atoms with Gasteiger partial charge in [-0.15, -0.1) is 11.3 Å². The molecule has 3 aromatic rings. The van der Waals surface area contributed by atoms with E-state index in [0.717, 1.165) is 6.42 Å². The van der Waals surface area contributed by atoms with Crippen LogP contribution in [0.3, 0.4) is 0 Å². The summed E-state index contributed by atoms with van der Waals surface area (Å²) in [6.45, 7) is 2.20. The quantitative estimate of drug-likeness (QED) is 0.726. The molecule has 1 unspecified atom stereocenters. The molecule has 1 heterocycles. The molecule has 2 heteroatoms. The van der Waals surface area contributed by atoms with Crippen molar-refractivity contribution in [3.8, 4) is 0 Å². The molecule has 0 amide bonds. The van der Waals surface area contributed by atoms with Gasteiger partial charge in [0.05, 0.1) is 6.04 Å². The number of thiophene rings is 1. The van der Waals surface area contributed by atoms with E-state index in [4.69, 9.17) is 0 Å². The molecule has 3 rings (SSSR count). The Bertz CT molecular complexity index is 681. The largest absolute Gasteiger partial charge is 0.309 e. The maximum Gasteiger partial charge on any atom is 0.0669 e. The maximum absolute atomic E-state index is 3.46. The molecule has 1 nitrogen and oxygen atoms in total. The number of rotatable bonds is 4. The van der Waals surface area contributed by atoms with Gasteiger partial charge in [-0.1, -0.05) is 49.4 Å². The van der Waals surface area contributed by atoms with Gasteiger partial charge in [-0.3, -0.25) is 0 Å². The molecule has 0 aliphatic heterocycles. The van der Waals surface area contributed by atoms with Gasteiger partial charge in [0, 0.05) is 9.58 Å². The third-order valence-corrected chi connectivity index (χ3v) is 4.89. The van der Waals surface area contributed by atoms with Crippen molar-refractivity contribution in [3.63, 3.8) is 0 Å². The van der Waals surface area contributed by atoms with Crippen LogP contribution in [-0.4, -0.2) is 7.05 Å². The predicted octanol–water partition coefficient (Wildman–Crippen LogP) is 4.77. The first-order valence-electron chi connectivity index (χ1n) is 7.06. The van der Waals surface area contributed by atoms with Crippen molar-refractivity contribution in [1.82, 2.24) is 5.32 Å². The average Bonchev–Trinajstić information content (AvgIpc) is 2.91. The van der Waals surface area contributed by atoms with Gasteiger partial charge < -0.3 is 5.32 Å². The number of fused-ring (bicyclic) bond motifs is 1. The lowest BCUT2D eigenvalue weighted by molar-refractivity contribution is 0.703. The van der Waals surface area contributed by atoms with Crippen LogP contribution in [0.25, 0.3) is 10.1 Å². The highest BCUT2D eigenvalue weighted by atomic mass is 32.1. The summed E-state index contributed by atoms with van der Waals surface area (Å²) in [6, 6.07) is 20.0. The van der Waals surface area contributed by atoms with Gasteiger partial charge in [-0.25, -0.2) is 0 Å². The number of hydrogen-bond acceptors (Lipinski definition) is 2. The first-order valence-corrected chi connectivity index (χ1v) is 7.88. The third-order valence-electron chi connectivity index (χ3n) is 3.71. The first kappa shape index (κ1) is 13.3. The molecular formula is C18H19NS. The molecule has 0 saturated heterocycles. The SMILES string of the molecule is CCc1cccc(C(NC)c2cc3ccccc3s2)c1. The van der Waals surface area contributed by atoms with E-state index >= 15 is 0 Å². The van der Waals surface area contributed by atoms with E-state index < -0.39 is 0 Å². The zero-order chi connectivity index (χ0) is 13.9. The van der Waals surface area contributed by atoms with Crippen LogP contribution < -0.4 is 5.32 Å². The number of hydrogen-bond donors (Lipinski definition) is 1. The fourth-order valence-electron chi connectivity index (χ4n) is 2.61. The lowest BCUT2D eigenvalue weighted by atomic mass is 10.0. The van der Waals surface area contributed by atoms with E-state index in [0.29, 0.717) is 0 Å². The van der Waals surface area contributed by atoms with Crippen LogP contribution in [0.5, 0.6) is 0 Å². The van der Waals surface area contributed by atoms with Crippen molar-refractivity contribution in [3.05, 3.63) is 70.6 Å². The summed E-state index contributed by atoms with van der Waals surface area (Å²) in [7, 11) is 2.04. The summed E-state index contributed by atoms with van der Waals surface area (Å²) in [5.41, 5.74) is 2.74. The normalized spacial score (nSPS) is 12.7. The van der Waals surface area contributed by atoms with Crippen molar-refractivity contribution in [2.45, 2.75) is 19.4 Å². The van der Waals surface area contributed by atoms with Crippen LogP contribution in [0.2, 0.25) is 0 Å². The topological polar surface area (TPSA) is 12.0 Å². The third kappa shape index (κ3) is 2.49. The van der Waals surface area contributed by atoms with Crippen molar-refractivity contribution in [1.29, 1.82) is 0 Å². The van der Waals surface area contributed by atoms with Gasteiger partial charge in [-0.05, 0) is 42.1 Å². The molecule has 1 N–H and O–H groups in total. The van der Waals surface area contributed by atoms with E-state index in [-0.39, 0.29) is 6.04 Å². The fraction of sp³-hybridized carbons (Fsp3) is 0.222. The second-order valence-electron chi connectivity index (χ2n) is 5.01. The van der Waals surface area contributed by atoms with Gasteiger partial charge >= 0.3 is 0 Å². The molecule has 0 saturated carbocycles. The molecule has 0 radical (unpaired) electrons. The van der Waals surface area contributed by atoms with Gasteiger partial charge in [0.25, 0.3) is 0 Å². The zero-order valence-corrected chi connectivity index (χ0v) is 12.7. The average molecular weight is 281 g/mol. The van der Waals surface area contributed by atoms with Gasteiger partial charge in [0.2, 0.25) is 0 Å². The Morgan fingerprint density at radius 3 is 2.65 bits per heavy atom. The Morgan fingerprint density at radius 1 is 1.05 bits per heavy atom. The Kier molecular flexibility index (Phi) is 3.86. The molecule has 0 spiro atoms. The predicted molar refractivity (Wildman–Crippen MR) is 88.5 cm³/mol. The summed E-state index contributed by atoms with van der Waals surface area (Å²) in [4.78, 5) is 1.38. The minimum absolute atomic E-state index is 0.277. The molecule has 2 aromatic carbocycles. The van der Waals surface area contributed by atoms with E-state index in [9.17, 15) is 0 Å². The van der Waals surface area contributed by atoms with Gasteiger partial charge in [0.1, 0.15) is 0 Å². The van der Waals surface area contributed by atoms with Crippen LogP contribution in [0.15, 0.2) is 54.6 Å². The summed E-state index contributed by atoms with van der Waals surface area (Å²) in [5, 5.41) is 4.79.